The van der Waals surface area contributed by atoms with Crippen molar-refractivity contribution in [2.45, 2.75) is 29.1 Å². The number of piperidine rings is 1. The lowest BCUT2D eigenvalue weighted by Gasteiger charge is -2.26. The van der Waals surface area contributed by atoms with Crippen molar-refractivity contribution in [2.75, 3.05) is 13.1 Å². The highest BCUT2D eigenvalue weighted by atomic mass is 32.2. The van der Waals surface area contributed by atoms with E-state index in [1.165, 1.54) is 11.3 Å². The number of likely N-dealkylation sites (tertiary alicyclic amines) is 1. The molecular weight excluding hydrogens is 316 g/mol. The summed E-state index contributed by atoms with van der Waals surface area (Å²) in [6.07, 6.45) is 5.44. The van der Waals surface area contributed by atoms with Gasteiger partial charge in [0.25, 0.3) is 0 Å². The molecule has 2 heterocycles. The van der Waals surface area contributed by atoms with Gasteiger partial charge in [-0.2, -0.15) is 0 Å². The van der Waals surface area contributed by atoms with Crippen molar-refractivity contribution >= 4 is 28.7 Å². The molecule has 0 saturated carbocycles. The average Bonchev–Trinajstić information content (AvgIpc) is 3.01. The van der Waals surface area contributed by atoms with E-state index < -0.39 is 0 Å². The van der Waals surface area contributed by atoms with Crippen LogP contribution in [0.2, 0.25) is 0 Å². The molecule has 4 rings (SSSR count). The Morgan fingerprint density at radius 2 is 1.58 bits per heavy atom. The van der Waals surface area contributed by atoms with E-state index in [2.05, 4.69) is 18.2 Å². The quantitative estimate of drug-likeness (QED) is 0.639. The lowest BCUT2D eigenvalue weighted by molar-refractivity contribution is 0.189. The number of rotatable bonds is 2. The van der Waals surface area contributed by atoms with Gasteiger partial charge in [0.15, 0.2) is 0 Å². The number of amides is 1. The summed E-state index contributed by atoms with van der Waals surface area (Å²) in [5.74, 6) is 0. The molecule has 4 heteroatoms. The van der Waals surface area contributed by atoms with Crippen LogP contribution < -0.4 is 0 Å². The van der Waals surface area contributed by atoms with E-state index in [-0.39, 0.29) is 6.03 Å². The number of hydrogen-bond donors (Lipinski definition) is 0. The maximum Gasteiger partial charge on any atom is 0.328 e. The van der Waals surface area contributed by atoms with Gasteiger partial charge in [-0.3, -0.25) is 4.57 Å². The van der Waals surface area contributed by atoms with Gasteiger partial charge in [-0.15, -0.1) is 0 Å². The zero-order valence-electron chi connectivity index (χ0n) is 13.5. The first-order valence-corrected chi connectivity index (χ1v) is 9.27. The molecule has 1 aliphatic heterocycles. The Balaban J connectivity index is 1.72. The Morgan fingerprint density at radius 3 is 2.38 bits per heavy atom. The molecule has 0 radical (unpaired) electrons. The normalized spacial score (nSPS) is 14.9. The molecule has 0 unspecified atom stereocenters. The first-order valence-electron chi connectivity index (χ1n) is 8.45. The highest BCUT2D eigenvalue weighted by Crippen LogP contribution is 2.35. The van der Waals surface area contributed by atoms with Gasteiger partial charge in [0.1, 0.15) is 0 Å². The van der Waals surface area contributed by atoms with Crippen LogP contribution in [-0.4, -0.2) is 28.6 Å². The Bertz CT molecular complexity index is 850. The standard InChI is InChI=1S/C20H20N2OS/c23-20(21-13-7-2-8-14-21)22-15-19(17-11-5-6-12-18(17)22)24-16-9-3-1-4-10-16/h1,3-6,9-12,15H,2,7-8,13-14H2. The van der Waals surface area contributed by atoms with Gasteiger partial charge in [-0.1, -0.05) is 48.2 Å². The summed E-state index contributed by atoms with van der Waals surface area (Å²) in [6, 6.07) is 18.6. The van der Waals surface area contributed by atoms with E-state index in [4.69, 9.17) is 0 Å². The highest BCUT2D eigenvalue weighted by Gasteiger charge is 2.21. The van der Waals surface area contributed by atoms with Crippen LogP contribution in [0.3, 0.4) is 0 Å². The molecule has 0 N–H and O–H groups in total. The Labute approximate surface area is 146 Å². The molecule has 3 nitrogen and oxygen atoms in total. The number of benzene rings is 2. The van der Waals surface area contributed by atoms with Crippen LogP contribution in [0.5, 0.6) is 0 Å². The molecule has 0 bridgehead atoms. The molecule has 1 saturated heterocycles. The monoisotopic (exact) mass is 336 g/mol. The van der Waals surface area contributed by atoms with Crippen molar-refractivity contribution in [1.29, 1.82) is 0 Å². The first kappa shape index (κ1) is 15.3. The average molecular weight is 336 g/mol. The number of hydrogen-bond acceptors (Lipinski definition) is 2. The zero-order valence-corrected chi connectivity index (χ0v) is 14.3. The number of nitrogens with zero attached hydrogens (tertiary/aromatic N) is 2. The largest absolute Gasteiger partial charge is 0.328 e. The van der Waals surface area contributed by atoms with Crippen molar-refractivity contribution in [3.63, 3.8) is 0 Å². The molecule has 1 aliphatic rings. The van der Waals surface area contributed by atoms with Crippen LogP contribution >= 0.6 is 11.8 Å². The van der Waals surface area contributed by atoms with Gasteiger partial charge in [-0.25, -0.2) is 4.79 Å². The summed E-state index contributed by atoms with van der Waals surface area (Å²) in [5, 5.41) is 1.14. The van der Waals surface area contributed by atoms with Crippen LogP contribution in [0.1, 0.15) is 19.3 Å². The number of carbonyl (C=O) groups is 1. The summed E-state index contributed by atoms with van der Waals surface area (Å²) in [6.45, 7) is 1.74. The molecule has 24 heavy (non-hydrogen) atoms. The molecule has 0 aliphatic carbocycles. The summed E-state index contributed by atoms with van der Waals surface area (Å²) >= 11 is 1.71. The fourth-order valence-electron chi connectivity index (χ4n) is 3.24. The maximum absolute atomic E-state index is 13.0. The van der Waals surface area contributed by atoms with Gasteiger partial charge in [0, 0.05) is 34.5 Å². The summed E-state index contributed by atoms with van der Waals surface area (Å²) in [7, 11) is 0. The third-order valence-corrected chi connectivity index (χ3v) is 5.53. The second-order valence-corrected chi connectivity index (χ2v) is 7.24. The maximum atomic E-state index is 13.0. The van der Waals surface area contributed by atoms with Crippen molar-refractivity contribution < 1.29 is 4.79 Å². The van der Waals surface area contributed by atoms with Crippen molar-refractivity contribution in [3.05, 3.63) is 60.8 Å². The molecular formula is C20H20N2OS. The second-order valence-electron chi connectivity index (χ2n) is 6.13. The molecule has 1 aromatic heterocycles. The van der Waals surface area contributed by atoms with Gasteiger partial charge >= 0.3 is 6.03 Å². The fourth-order valence-corrected chi connectivity index (χ4v) is 4.23. The number of para-hydroxylation sites is 1. The summed E-state index contributed by atoms with van der Waals surface area (Å²) in [4.78, 5) is 17.3. The van der Waals surface area contributed by atoms with Crippen molar-refractivity contribution in [3.8, 4) is 0 Å². The predicted molar refractivity (Wildman–Crippen MR) is 98.7 cm³/mol. The third-order valence-electron chi connectivity index (χ3n) is 4.48. The van der Waals surface area contributed by atoms with Crippen LogP contribution in [0, 0.1) is 0 Å². The fraction of sp³-hybridized carbons (Fsp3) is 0.250. The van der Waals surface area contributed by atoms with Crippen LogP contribution in [0.25, 0.3) is 10.9 Å². The first-order chi connectivity index (χ1) is 11.8. The van der Waals surface area contributed by atoms with E-state index in [1.807, 2.05) is 52.1 Å². The lowest BCUT2D eigenvalue weighted by atomic mass is 10.1. The van der Waals surface area contributed by atoms with E-state index in [1.54, 1.807) is 11.8 Å². The summed E-state index contributed by atoms with van der Waals surface area (Å²) < 4.78 is 1.83. The van der Waals surface area contributed by atoms with E-state index in [0.29, 0.717) is 0 Å². The van der Waals surface area contributed by atoms with Gasteiger partial charge in [0.2, 0.25) is 0 Å². The van der Waals surface area contributed by atoms with Crippen molar-refractivity contribution in [1.82, 2.24) is 9.47 Å². The Kier molecular flexibility index (Phi) is 4.30. The minimum atomic E-state index is 0.103. The van der Waals surface area contributed by atoms with Crippen molar-refractivity contribution in [2.24, 2.45) is 0 Å². The summed E-state index contributed by atoms with van der Waals surface area (Å²) in [5.41, 5.74) is 0.992. The van der Waals surface area contributed by atoms with Gasteiger partial charge in [-0.05, 0) is 37.5 Å². The smallest absolute Gasteiger partial charge is 0.324 e. The molecule has 2 aromatic carbocycles. The lowest BCUT2D eigenvalue weighted by Crippen LogP contribution is -2.38. The number of fused-ring (bicyclic) bond motifs is 1. The number of carbonyl (C=O) groups excluding carboxylic acids is 1. The molecule has 3 aromatic rings. The minimum absolute atomic E-state index is 0.103. The molecule has 0 atom stereocenters. The minimum Gasteiger partial charge on any atom is -0.324 e. The van der Waals surface area contributed by atoms with Crippen LogP contribution in [-0.2, 0) is 0 Å². The van der Waals surface area contributed by atoms with Gasteiger partial charge < -0.3 is 4.90 Å². The molecule has 122 valence electrons. The third kappa shape index (κ3) is 2.94. The van der Waals surface area contributed by atoms with E-state index >= 15 is 0 Å². The molecule has 1 amide bonds. The Morgan fingerprint density at radius 1 is 0.875 bits per heavy atom. The predicted octanol–water partition coefficient (Wildman–Crippen LogP) is 5.25. The van der Waals surface area contributed by atoms with Gasteiger partial charge in [0.05, 0.1) is 5.52 Å². The topological polar surface area (TPSA) is 25.2 Å². The Hall–Kier alpha value is -2.20. The SMILES string of the molecule is O=C(N1CCCCC1)n1cc(Sc2ccccc2)c2ccccc21. The van der Waals surface area contributed by atoms with E-state index in [9.17, 15) is 4.79 Å². The second kappa shape index (κ2) is 6.73. The molecule has 1 fully saturated rings. The number of aromatic nitrogens is 1. The van der Waals surface area contributed by atoms with Crippen LogP contribution in [0.15, 0.2) is 70.6 Å². The highest BCUT2D eigenvalue weighted by molar-refractivity contribution is 7.99. The molecule has 0 spiro atoms. The zero-order chi connectivity index (χ0) is 16.4. The van der Waals surface area contributed by atoms with Crippen LogP contribution in [0.4, 0.5) is 4.79 Å². The van der Waals surface area contributed by atoms with E-state index in [0.717, 1.165) is 41.7 Å².